The smallest absolute Gasteiger partial charge is 0.267 e. The van der Waals surface area contributed by atoms with E-state index in [0.717, 1.165) is 18.2 Å². The molecule has 0 spiro atoms. The van der Waals surface area contributed by atoms with Gasteiger partial charge in [0.05, 0.1) is 5.69 Å². The van der Waals surface area contributed by atoms with Crippen LogP contribution in [0.3, 0.4) is 0 Å². The van der Waals surface area contributed by atoms with Crippen LogP contribution >= 0.6 is 0 Å². The number of benzene rings is 2. The van der Waals surface area contributed by atoms with Crippen LogP contribution in [0.1, 0.15) is 0 Å². The van der Waals surface area contributed by atoms with Crippen LogP contribution < -0.4 is 4.72 Å². The summed E-state index contributed by atoms with van der Waals surface area (Å²) in [5, 5.41) is 11.9. The molecule has 0 radical (unpaired) electrons. The third-order valence-electron chi connectivity index (χ3n) is 3.78. The Morgan fingerprint density at radius 3 is 2.33 bits per heavy atom. The van der Waals surface area contributed by atoms with E-state index in [0.29, 0.717) is 16.9 Å². The Morgan fingerprint density at radius 2 is 1.63 bits per heavy atom. The number of hydrogen-bond acceptors (Lipinski definition) is 5. The molecule has 10 heteroatoms. The second-order valence-electron chi connectivity index (χ2n) is 5.59. The summed E-state index contributed by atoms with van der Waals surface area (Å²) in [6.45, 7) is 0. The van der Waals surface area contributed by atoms with Crippen molar-refractivity contribution in [3.8, 4) is 11.3 Å². The Kier molecular flexibility index (Phi) is 4.04. The number of aromatic nitrogens is 4. The molecule has 0 aliphatic carbocycles. The van der Waals surface area contributed by atoms with Gasteiger partial charge in [-0.2, -0.15) is 9.61 Å². The first-order valence-electron chi connectivity index (χ1n) is 7.68. The fraction of sp³-hybridized carbons (Fsp3) is 0. The largest absolute Gasteiger partial charge is 0.279 e. The Labute approximate surface area is 152 Å². The van der Waals surface area contributed by atoms with Crippen LogP contribution in [0.15, 0.2) is 65.8 Å². The van der Waals surface area contributed by atoms with E-state index in [9.17, 15) is 17.2 Å². The maximum absolute atomic E-state index is 13.8. The Morgan fingerprint density at radius 1 is 0.926 bits per heavy atom. The molecule has 0 saturated carbocycles. The van der Waals surface area contributed by atoms with Crippen molar-refractivity contribution in [1.82, 2.24) is 19.8 Å². The molecule has 4 aromatic rings. The van der Waals surface area contributed by atoms with Gasteiger partial charge in [0.2, 0.25) is 0 Å². The van der Waals surface area contributed by atoms with Crippen molar-refractivity contribution in [3.05, 3.63) is 72.6 Å². The van der Waals surface area contributed by atoms with Crippen molar-refractivity contribution in [2.45, 2.75) is 4.90 Å². The van der Waals surface area contributed by atoms with Crippen LogP contribution in [0, 0.1) is 11.6 Å². The molecule has 4 rings (SSSR count). The predicted molar refractivity (Wildman–Crippen MR) is 93.4 cm³/mol. The molecule has 1 N–H and O–H groups in total. The molecule has 0 atom stereocenters. The van der Waals surface area contributed by atoms with Gasteiger partial charge in [-0.15, -0.1) is 10.2 Å². The van der Waals surface area contributed by atoms with Crippen molar-refractivity contribution in [2.24, 2.45) is 0 Å². The second-order valence-corrected chi connectivity index (χ2v) is 7.21. The number of rotatable bonds is 4. The molecule has 2 aromatic heterocycles. The minimum Gasteiger partial charge on any atom is -0.279 e. The number of anilines is 1. The zero-order valence-electron chi connectivity index (χ0n) is 13.5. The molecule has 0 fully saturated rings. The lowest BCUT2D eigenvalue weighted by atomic mass is 10.1. The van der Waals surface area contributed by atoms with Crippen LogP contribution in [0.5, 0.6) is 0 Å². The maximum Gasteiger partial charge on any atom is 0.267 e. The first-order chi connectivity index (χ1) is 12.9. The summed E-state index contributed by atoms with van der Waals surface area (Å²) in [6.07, 6.45) is 1.46. The van der Waals surface area contributed by atoms with E-state index in [-0.39, 0.29) is 5.69 Å². The van der Waals surface area contributed by atoms with E-state index in [1.54, 1.807) is 24.3 Å². The van der Waals surface area contributed by atoms with Gasteiger partial charge in [0.15, 0.2) is 10.5 Å². The summed E-state index contributed by atoms with van der Waals surface area (Å²) in [5.41, 5.74) is 2.09. The van der Waals surface area contributed by atoms with Crippen molar-refractivity contribution >= 4 is 21.4 Å². The molecule has 0 aliphatic rings. The first kappa shape index (κ1) is 17.0. The minimum absolute atomic E-state index is 0.159. The van der Waals surface area contributed by atoms with Gasteiger partial charge >= 0.3 is 0 Å². The zero-order valence-corrected chi connectivity index (χ0v) is 14.4. The van der Waals surface area contributed by atoms with E-state index in [1.165, 1.54) is 23.0 Å². The SMILES string of the molecule is O=S(=O)(Nc1ccc(-c2ccc3nncn3n2)cc1)c1c(F)cccc1F. The quantitative estimate of drug-likeness (QED) is 0.582. The van der Waals surface area contributed by atoms with Crippen LogP contribution in [0.2, 0.25) is 0 Å². The number of fused-ring (bicyclic) bond motifs is 1. The van der Waals surface area contributed by atoms with Gasteiger partial charge in [-0.3, -0.25) is 4.72 Å². The van der Waals surface area contributed by atoms with Gasteiger partial charge in [-0.25, -0.2) is 17.2 Å². The van der Waals surface area contributed by atoms with E-state index in [4.69, 9.17) is 0 Å². The van der Waals surface area contributed by atoms with E-state index < -0.39 is 26.6 Å². The topological polar surface area (TPSA) is 89.2 Å². The van der Waals surface area contributed by atoms with E-state index in [1.807, 2.05) is 0 Å². The fourth-order valence-corrected chi connectivity index (χ4v) is 3.73. The molecule has 2 heterocycles. The lowest BCUT2D eigenvalue weighted by molar-refractivity contribution is 0.521. The molecule has 2 aromatic carbocycles. The highest BCUT2D eigenvalue weighted by Gasteiger charge is 2.23. The molecular weight excluding hydrogens is 376 g/mol. The predicted octanol–water partition coefficient (Wildman–Crippen LogP) is 2.87. The Balaban J connectivity index is 1.62. The average Bonchev–Trinajstić information content (AvgIpc) is 3.09. The fourth-order valence-electron chi connectivity index (χ4n) is 2.54. The monoisotopic (exact) mass is 387 g/mol. The second kappa shape index (κ2) is 6.40. The highest BCUT2D eigenvalue weighted by molar-refractivity contribution is 7.92. The standard InChI is InChI=1S/C17H11F2N5O2S/c18-13-2-1-3-14(19)17(13)27(25,26)23-12-6-4-11(5-7-12)15-8-9-16-21-20-10-24(16)22-15/h1-10,23H. The summed E-state index contributed by atoms with van der Waals surface area (Å²) in [7, 11) is -4.41. The van der Waals surface area contributed by atoms with Crippen molar-refractivity contribution in [1.29, 1.82) is 0 Å². The van der Waals surface area contributed by atoms with Gasteiger partial charge in [0.25, 0.3) is 10.0 Å². The van der Waals surface area contributed by atoms with Crippen LogP contribution in [-0.4, -0.2) is 28.2 Å². The van der Waals surface area contributed by atoms with Crippen LogP contribution in [0.25, 0.3) is 16.9 Å². The normalized spacial score (nSPS) is 11.6. The molecule has 0 bridgehead atoms. The zero-order chi connectivity index (χ0) is 19.0. The summed E-state index contributed by atoms with van der Waals surface area (Å²) in [4.78, 5) is -1.02. The maximum atomic E-state index is 13.8. The molecule has 0 amide bonds. The molecule has 27 heavy (non-hydrogen) atoms. The molecule has 0 saturated heterocycles. The van der Waals surface area contributed by atoms with E-state index in [2.05, 4.69) is 20.0 Å². The summed E-state index contributed by atoms with van der Waals surface area (Å²) >= 11 is 0. The van der Waals surface area contributed by atoms with Gasteiger partial charge in [0.1, 0.15) is 18.0 Å². The van der Waals surface area contributed by atoms with Crippen molar-refractivity contribution < 1.29 is 17.2 Å². The van der Waals surface area contributed by atoms with Crippen molar-refractivity contribution in [3.63, 3.8) is 0 Å². The van der Waals surface area contributed by atoms with E-state index >= 15 is 0 Å². The minimum atomic E-state index is -4.41. The number of halogens is 2. The third-order valence-corrected chi connectivity index (χ3v) is 5.21. The van der Waals surface area contributed by atoms with Gasteiger partial charge in [0, 0.05) is 11.3 Å². The molecular formula is C17H11F2N5O2S. The average molecular weight is 387 g/mol. The highest BCUT2D eigenvalue weighted by atomic mass is 32.2. The number of nitrogens with zero attached hydrogens (tertiary/aromatic N) is 4. The van der Waals surface area contributed by atoms with Crippen LogP contribution in [-0.2, 0) is 10.0 Å². The van der Waals surface area contributed by atoms with Crippen molar-refractivity contribution in [2.75, 3.05) is 4.72 Å². The van der Waals surface area contributed by atoms with Gasteiger partial charge in [-0.05, 0) is 36.4 Å². The summed E-state index contributed by atoms with van der Waals surface area (Å²) < 4.78 is 55.8. The first-order valence-corrected chi connectivity index (χ1v) is 9.17. The number of nitrogens with one attached hydrogen (secondary N) is 1. The molecule has 0 aliphatic heterocycles. The highest BCUT2D eigenvalue weighted by Crippen LogP contribution is 2.24. The van der Waals surface area contributed by atoms with Crippen LogP contribution in [0.4, 0.5) is 14.5 Å². The lowest BCUT2D eigenvalue weighted by Crippen LogP contribution is -2.16. The number of hydrogen-bond donors (Lipinski definition) is 1. The Hall–Kier alpha value is -3.40. The molecule has 0 unspecified atom stereocenters. The van der Waals surface area contributed by atoms with Gasteiger partial charge in [-0.1, -0.05) is 18.2 Å². The summed E-state index contributed by atoms with van der Waals surface area (Å²) in [5.74, 6) is -2.32. The number of sulfonamides is 1. The lowest BCUT2D eigenvalue weighted by Gasteiger charge is -2.10. The molecule has 7 nitrogen and oxygen atoms in total. The van der Waals surface area contributed by atoms with Gasteiger partial charge < -0.3 is 0 Å². The Bertz CT molecular complexity index is 1220. The third kappa shape index (κ3) is 3.22. The molecule has 136 valence electrons. The summed E-state index contributed by atoms with van der Waals surface area (Å²) in [6, 6.07) is 12.6.